The second-order valence-electron chi connectivity index (χ2n) is 4.45. The first-order chi connectivity index (χ1) is 9.61. The fourth-order valence-electron chi connectivity index (χ4n) is 2.11. The second kappa shape index (κ2) is 6.90. The minimum Gasteiger partial charge on any atom is -0.310 e. The summed E-state index contributed by atoms with van der Waals surface area (Å²) in [5, 5.41) is 3.18. The van der Waals surface area contributed by atoms with Crippen LogP contribution in [-0.4, -0.2) is 11.5 Å². The number of benzene rings is 1. The molecule has 1 atom stereocenters. The van der Waals surface area contributed by atoms with Crippen LogP contribution in [0.15, 0.2) is 41.1 Å². The minimum absolute atomic E-state index is 0.279. The van der Waals surface area contributed by atoms with Gasteiger partial charge in [0.25, 0.3) is 0 Å². The van der Waals surface area contributed by atoms with Gasteiger partial charge in [-0.2, -0.15) is 0 Å². The Balaban J connectivity index is 2.28. The van der Waals surface area contributed by atoms with E-state index in [0.29, 0.717) is 28.6 Å². The Morgan fingerprint density at radius 2 is 2.05 bits per heavy atom. The Morgan fingerprint density at radius 3 is 2.70 bits per heavy atom. The van der Waals surface area contributed by atoms with Gasteiger partial charge in [0, 0.05) is 22.3 Å². The third-order valence-corrected chi connectivity index (χ3v) is 3.56. The molecule has 0 fully saturated rings. The molecule has 0 bridgehead atoms. The summed E-state index contributed by atoms with van der Waals surface area (Å²) >= 11 is 3.23. The Labute approximate surface area is 125 Å². The van der Waals surface area contributed by atoms with Gasteiger partial charge in [-0.3, -0.25) is 4.98 Å². The zero-order chi connectivity index (χ0) is 14.5. The van der Waals surface area contributed by atoms with Crippen LogP contribution in [0.3, 0.4) is 0 Å². The first-order valence-corrected chi connectivity index (χ1v) is 7.17. The quantitative estimate of drug-likeness (QED) is 0.889. The van der Waals surface area contributed by atoms with Crippen LogP contribution in [0, 0.1) is 11.6 Å². The molecule has 2 aromatic rings. The van der Waals surface area contributed by atoms with Gasteiger partial charge in [0.05, 0.1) is 6.20 Å². The van der Waals surface area contributed by atoms with Crippen LogP contribution in [0.25, 0.3) is 0 Å². The smallest absolute Gasteiger partial charge is 0.146 e. The van der Waals surface area contributed by atoms with Crippen LogP contribution in [0.4, 0.5) is 8.78 Å². The molecule has 0 saturated heterocycles. The van der Waals surface area contributed by atoms with E-state index >= 15 is 0 Å². The highest BCUT2D eigenvalue weighted by Gasteiger charge is 2.17. The number of nitrogens with zero attached hydrogens (tertiary/aromatic N) is 1. The summed E-state index contributed by atoms with van der Waals surface area (Å²) in [6.45, 7) is 2.61. The topological polar surface area (TPSA) is 24.9 Å². The van der Waals surface area contributed by atoms with Crippen molar-refractivity contribution in [3.8, 4) is 0 Å². The Bertz CT molecular complexity index is 590. The fourth-order valence-corrected chi connectivity index (χ4v) is 2.45. The zero-order valence-electron chi connectivity index (χ0n) is 11.0. The number of hydrogen-bond donors (Lipinski definition) is 1. The predicted molar refractivity (Wildman–Crippen MR) is 78.4 cm³/mol. The molecule has 0 saturated carbocycles. The SMILES string of the molecule is CCNC(Cc1ccc(Br)cc1F)c1ccncc1F. The summed E-state index contributed by atoms with van der Waals surface area (Å²) in [5.74, 6) is -0.673. The molecule has 106 valence electrons. The number of hydrogen-bond acceptors (Lipinski definition) is 2. The summed E-state index contributed by atoms with van der Waals surface area (Å²) < 4.78 is 28.4. The van der Waals surface area contributed by atoms with Crippen molar-refractivity contribution in [2.75, 3.05) is 6.54 Å². The molecule has 0 spiro atoms. The van der Waals surface area contributed by atoms with E-state index in [9.17, 15) is 8.78 Å². The van der Waals surface area contributed by atoms with E-state index < -0.39 is 0 Å². The van der Waals surface area contributed by atoms with Gasteiger partial charge in [0.1, 0.15) is 11.6 Å². The number of nitrogens with one attached hydrogen (secondary N) is 1. The molecule has 0 aliphatic carbocycles. The van der Waals surface area contributed by atoms with E-state index in [1.165, 1.54) is 12.3 Å². The van der Waals surface area contributed by atoms with Crippen molar-refractivity contribution < 1.29 is 8.78 Å². The maximum atomic E-state index is 13.9. The Hall–Kier alpha value is -1.33. The number of aromatic nitrogens is 1. The highest BCUT2D eigenvalue weighted by molar-refractivity contribution is 9.10. The molecule has 1 N–H and O–H groups in total. The van der Waals surface area contributed by atoms with E-state index in [2.05, 4.69) is 26.2 Å². The summed E-state index contributed by atoms with van der Waals surface area (Å²) in [7, 11) is 0. The van der Waals surface area contributed by atoms with Crippen LogP contribution >= 0.6 is 15.9 Å². The lowest BCUT2D eigenvalue weighted by Gasteiger charge is -2.19. The van der Waals surface area contributed by atoms with Gasteiger partial charge in [-0.25, -0.2) is 8.78 Å². The Kier molecular flexibility index (Phi) is 5.20. The van der Waals surface area contributed by atoms with Gasteiger partial charge < -0.3 is 5.32 Å². The van der Waals surface area contributed by atoms with Crippen molar-refractivity contribution >= 4 is 15.9 Å². The Morgan fingerprint density at radius 1 is 1.25 bits per heavy atom. The lowest BCUT2D eigenvalue weighted by atomic mass is 9.99. The van der Waals surface area contributed by atoms with Gasteiger partial charge >= 0.3 is 0 Å². The molecule has 0 aliphatic heterocycles. The average molecular weight is 341 g/mol. The normalized spacial score (nSPS) is 12.4. The molecule has 0 amide bonds. The minimum atomic E-state index is -0.379. The largest absolute Gasteiger partial charge is 0.310 e. The van der Waals surface area contributed by atoms with Crippen LogP contribution < -0.4 is 5.32 Å². The van der Waals surface area contributed by atoms with E-state index in [4.69, 9.17) is 0 Å². The van der Waals surface area contributed by atoms with Crippen molar-refractivity contribution in [2.45, 2.75) is 19.4 Å². The number of halogens is 3. The van der Waals surface area contributed by atoms with Gasteiger partial charge in [0.15, 0.2) is 0 Å². The molecule has 20 heavy (non-hydrogen) atoms. The number of rotatable bonds is 5. The van der Waals surface area contributed by atoms with Crippen molar-refractivity contribution in [3.63, 3.8) is 0 Å². The summed E-state index contributed by atoms with van der Waals surface area (Å²) in [6.07, 6.45) is 3.10. The molecule has 2 rings (SSSR count). The predicted octanol–water partition coefficient (Wildman–Crippen LogP) is 4.02. The van der Waals surface area contributed by atoms with Crippen LogP contribution in [0.1, 0.15) is 24.1 Å². The molecule has 1 unspecified atom stereocenters. The maximum Gasteiger partial charge on any atom is 0.146 e. The van der Waals surface area contributed by atoms with E-state index in [0.717, 1.165) is 0 Å². The lowest BCUT2D eigenvalue weighted by molar-refractivity contribution is 0.496. The van der Waals surface area contributed by atoms with E-state index in [1.807, 2.05) is 6.92 Å². The molecular weight excluding hydrogens is 326 g/mol. The summed E-state index contributed by atoms with van der Waals surface area (Å²) in [4.78, 5) is 3.74. The lowest BCUT2D eigenvalue weighted by Crippen LogP contribution is -2.24. The molecular formula is C15H15BrF2N2. The third kappa shape index (κ3) is 3.61. The highest BCUT2D eigenvalue weighted by atomic mass is 79.9. The van der Waals surface area contributed by atoms with E-state index in [-0.39, 0.29) is 17.7 Å². The molecule has 5 heteroatoms. The zero-order valence-corrected chi connectivity index (χ0v) is 12.6. The second-order valence-corrected chi connectivity index (χ2v) is 5.36. The summed E-state index contributed by atoms with van der Waals surface area (Å²) in [5.41, 5.74) is 1.06. The van der Waals surface area contributed by atoms with Crippen molar-refractivity contribution in [1.29, 1.82) is 0 Å². The molecule has 0 aliphatic rings. The monoisotopic (exact) mass is 340 g/mol. The van der Waals surface area contributed by atoms with Crippen LogP contribution in [0.5, 0.6) is 0 Å². The average Bonchev–Trinajstić information content (AvgIpc) is 2.42. The van der Waals surface area contributed by atoms with Crippen molar-refractivity contribution in [1.82, 2.24) is 10.3 Å². The fraction of sp³-hybridized carbons (Fsp3) is 0.267. The van der Waals surface area contributed by atoms with Crippen LogP contribution in [-0.2, 0) is 6.42 Å². The van der Waals surface area contributed by atoms with Gasteiger partial charge in [0.2, 0.25) is 0 Å². The van der Waals surface area contributed by atoms with E-state index in [1.54, 1.807) is 24.4 Å². The van der Waals surface area contributed by atoms with Crippen molar-refractivity contribution in [2.24, 2.45) is 0 Å². The number of pyridine rings is 1. The first-order valence-electron chi connectivity index (χ1n) is 6.38. The molecule has 0 radical (unpaired) electrons. The maximum absolute atomic E-state index is 13.9. The first kappa shape index (κ1) is 15.1. The van der Waals surface area contributed by atoms with Crippen molar-refractivity contribution in [3.05, 3.63) is 63.9 Å². The molecule has 2 nitrogen and oxygen atoms in total. The third-order valence-electron chi connectivity index (χ3n) is 3.07. The van der Waals surface area contributed by atoms with Gasteiger partial charge in [-0.1, -0.05) is 28.9 Å². The molecule has 1 heterocycles. The number of likely N-dealkylation sites (N-methyl/N-ethyl adjacent to an activating group) is 1. The molecule has 1 aromatic heterocycles. The standard InChI is InChI=1S/C15H15BrF2N2/c1-2-20-15(12-5-6-19-9-14(12)18)7-10-3-4-11(16)8-13(10)17/h3-6,8-9,15,20H,2,7H2,1H3. The van der Waals surface area contributed by atoms with Crippen LogP contribution in [0.2, 0.25) is 0 Å². The summed E-state index contributed by atoms with van der Waals surface area (Å²) in [6, 6.07) is 6.26. The molecule has 1 aromatic carbocycles. The van der Waals surface area contributed by atoms with Gasteiger partial charge in [-0.15, -0.1) is 0 Å². The highest BCUT2D eigenvalue weighted by Crippen LogP contribution is 2.23. The van der Waals surface area contributed by atoms with Gasteiger partial charge in [-0.05, 0) is 36.7 Å².